The summed E-state index contributed by atoms with van der Waals surface area (Å²) in [6, 6.07) is 4.83. The quantitative estimate of drug-likeness (QED) is 0.763. The third-order valence-corrected chi connectivity index (χ3v) is 6.99. The van der Waals surface area contributed by atoms with Gasteiger partial charge in [-0.25, -0.2) is 8.42 Å². The van der Waals surface area contributed by atoms with E-state index >= 15 is 0 Å². The molecule has 2 N–H and O–H groups in total. The maximum Gasteiger partial charge on any atom is 0.251 e. The van der Waals surface area contributed by atoms with Crippen molar-refractivity contribution in [1.29, 1.82) is 0 Å². The van der Waals surface area contributed by atoms with Crippen LogP contribution in [-0.4, -0.2) is 50.9 Å². The SMILES string of the molecule is CCN(CC)S(=O)(=O)c1ccc(C)c(C(=O)NC2CNCCC2C)c1.Cl. The van der Waals surface area contributed by atoms with E-state index in [1.807, 2.05) is 6.92 Å². The van der Waals surface area contributed by atoms with Crippen molar-refractivity contribution in [3.63, 3.8) is 0 Å². The molecular weight excluding hydrogens is 374 g/mol. The number of hydrogen-bond donors (Lipinski definition) is 2. The number of carbonyl (C=O) groups is 1. The average molecular weight is 404 g/mol. The number of hydrogen-bond acceptors (Lipinski definition) is 4. The van der Waals surface area contributed by atoms with E-state index in [1.54, 1.807) is 26.0 Å². The zero-order chi connectivity index (χ0) is 18.6. The Bertz CT molecular complexity index is 720. The molecule has 1 heterocycles. The van der Waals surface area contributed by atoms with Crippen LogP contribution < -0.4 is 10.6 Å². The predicted molar refractivity (Wildman–Crippen MR) is 106 cm³/mol. The lowest BCUT2D eigenvalue weighted by atomic mass is 9.94. The molecule has 2 atom stereocenters. The number of sulfonamides is 1. The summed E-state index contributed by atoms with van der Waals surface area (Å²) in [5, 5.41) is 6.34. The van der Waals surface area contributed by atoms with Gasteiger partial charge in [0.1, 0.15) is 0 Å². The van der Waals surface area contributed by atoms with E-state index in [4.69, 9.17) is 0 Å². The first-order valence-electron chi connectivity index (χ1n) is 8.93. The molecule has 1 saturated heterocycles. The standard InChI is InChI=1S/C18H29N3O3S.ClH/c1-5-21(6-2)25(23,24)15-8-7-13(3)16(11-15)18(22)20-17-12-19-10-9-14(17)4;/h7-8,11,14,17,19H,5-6,9-10,12H2,1-4H3,(H,20,22);1H. The normalized spacial score (nSPS) is 20.5. The van der Waals surface area contributed by atoms with E-state index in [9.17, 15) is 13.2 Å². The van der Waals surface area contributed by atoms with Crippen molar-refractivity contribution in [3.05, 3.63) is 29.3 Å². The van der Waals surface area contributed by atoms with Gasteiger partial charge in [0.15, 0.2) is 0 Å². The third-order valence-electron chi connectivity index (χ3n) is 4.94. The maximum atomic E-state index is 12.7. The Kier molecular flexibility index (Phi) is 8.53. The van der Waals surface area contributed by atoms with Gasteiger partial charge in [-0.2, -0.15) is 4.31 Å². The van der Waals surface area contributed by atoms with E-state index < -0.39 is 10.0 Å². The van der Waals surface area contributed by atoms with Crippen molar-refractivity contribution in [3.8, 4) is 0 Å². The number of amides is 1. The largest absolute Gasteiger partial charge is 0.348 e. The minimum absolute atomic E-state index is 0. The van der Waals surface area contributed by atoms with E-state index in [0.717, 1.165) is 25.1 Å². The lowest BCUT2D eigenvalue weighted by Crippen LogP contribution is -2.50. The van der Waals surface area contributed by atoms with Crippen LogP contribution in [0.3, 0.4) is 0 Å². The summed E-state index contributed by atoms with van der Waals surface area (Å²) in [5.74, 6) is 0.183. The molecule has 1 aliphatic rings. The van der Waals surface area contributed by atoms with Crippen LogP contribution in [0.4, 0.5) is 0 Å². The first-order valence-corrected chi connectivity index (χ1v) is 10.4. The van der Waals surface area contributed by atoms with Gasteiger partial charge in [0.2, 0.25) is 10.0 Å². The molecule has 2 rings (SSSR count). The Hall–Kier alpha value is -1.15. The molecule has 0 aliphatic carbocycles. The molecule has 2 unspecified atom stereocenters. The number of nitrogens with one attached hydrogen (secondary N) is 2. The summed E-state index contributed by atoms with van der Waals surface area (Å²) in [4.78, 5) is 12.9. The molecule has 1 aromatic carbocycles. The van der Waals surface area contributed by atoms with Gasteiger partial charge in [0.25, 0.3) is 5.91 Å². The fraction of sp³-hybridized carbons (Fsp3) is 0.611. The average Bonchev–Trinajstić information content (AvgIpc) is 2.58. The Balaban J connectivity index is 0.00000338. The summed E-state index contributed by atoms with van der Waals surface area (Å²) in [7, 11) is -3.58. The van der Waals surface area contributed by atoms with Gasteiger partial charge in [0.05, 0.1) is 4.90 Å². The zero-order valence-corrected chi connectivity index (χ0v) is 17.5. The summed E-state index contributed by atoms with van der Waals surface area (Å²) in [6.45, 7) is 10.1. The van der Waals surface area contributed by atoms with Crippen LogP contribution in [0, 0.1) is 12.8 Å². The Morgan fingerprint density at radius 3 is 2.54 bits per heavy atom. The second kappa shape index (κ2) is 9.69. The highest BCUT2D eigenvalue weighted by Crippen LogP contribution is 2.20. The molecule has 0 saturated carbocycles. The van der Waals surface area contributed by atoms with Crippen LogP contribution in [0.1, 0.15) is 43.1 Å². The van der Waals surface area contributed by atoms with Gasteiger partial charge in [-0.15, -0.1) is 12.4 Å². The van der Waals surface area contributed by atoms with Crippen LogP contribution in [0.25, 0.3) is 0 Å². The zero-order valence-electron chi connectivity index (χ0n) is 15.9. The summed E-state index contributed by atoms with van der Waals surface area (Å²) in [6.07, 6.45) is 1.01. The minimum Gasteiger partial charge on any atom is -0.348 e. The van der Waals surface area contributed by atoms with Crippen molar-refractivity contribution >= 4 is 28.3 Å². The van der Waals surface area contributed by atoms with Gasteiger partial charge >= 0.3 is 0 Å². The van der Waals surface area contributed by atoms with Crippen molar-refractivity contribution in [2.45, 2.75) is 45.1 Å². The van der Waals surface area contributed by atoms with Crippen molar-refractivity contribution in [1.82, 2.24) is 14.9 Å². The Labute approximate surface area is 163 Å². The van der Waals surface area contributed by atoms with Crippen molar-refractivity contribution < 1.29 is 13.2 Å². The monoisotopic (exact) mass is 403 g/mol. The molecule has 0 aromatic heterocycles. The molecular formula is C18H30ClN3O3S. The lowest BCUT2D eigenvalue weighted by Gasteiger charge is -2.30. The lowest BCUT2D eigenvalue weighted by molar-refractivity contribution is 0.0914. The van der Waals surface area contributed by atoms with E-state index in [2.05, 4.69) is 17.6 Å². The number of aryl methyl sites for hydroxylation is 1. The van der Waals surface area contributed by atoms with Crippen LogP contribution >= 0.6 is 12.4 Å². The van der Waals surface area contributed by atoms with Crippen LogP contribution in [-0.2, 0) is 10.0 Å². The molecule has 1 aliphatic heterocycles. The molecule has 0 bridgehead atoms. The minimum atomic E-state index is -3.58. The molecule has 8 heteroatoms. The molecule has 26 heavy (non-hydrogen) atoms. The van der Waals surface area contributed by atoms with Crippen LogP contribution in [0.5, 0.6) is 0 Å². The van der Waals surface area contributed by atoms with Gasteiger partial charge < -0.3 is 10.6 Å². The van der Waals surface area contributed by atoms with E-state index in [1.165, 1.54) is 10.4 Å². The molecule has 0 spiro atoms. The Morgan fingerprint density at radius 1 is 1.31 bits per heavy atom. The van der Waals surface area contributed by atoms with Gasteiger partial charge in [-0.05, 0) is 43.5 Å². The van der Waals surface area contributed by atoms with Gasteiger partial charge in [-0.1, -0.05) is 26.8 Å². The number of piperidine rings is 1. The molecule has 0 radical (unpaired) electrons. The second-order valence-corrected chi connectivity index (χ2v) is 8.55. The van der Waals surface area contributed by atoms with Crippen LogP contribution in [0.2, 0.25) is 0 Å². The predicted octanol–water partition coefficient (Wildman–Crippen LogP) is 2.18. The van der Waals surface area contributed by atoms with Gasteiger partial charge in [0, 0.05) is 31.2 Å². The first kappa shape index (κ1) is 22.9. The molecule has 6 nitrogen and oxygen atoms in total. The fourth-order valence-electron chi connectivity index (χ4n) is 3.15. The number of carbonyl (C=O) groups excluding carboxylic acids is 1. The topological polar surface area (TPSA) is 78.5 Å². The smallest absolute Gasteiger partial charge is 0.251 e. The molecule has 1 amide bonds. The number of rotatable bonds is 6. The summed E-state index contributed by atoms with van der Waals surface area (Å²) >= 11 is 0. The summed E-state index contributed by atoms with van der Waals surface area (Å²) < 4.78 is 26.8. The number of nitrogens with zero attached hydrogens (tertiary/aromatic N) is 1. The maximum absolute atomic E-state index is 12.7. The first-order chi connectivity index (χ1) is 11.8. The highest BCUT2D eigenvalue weighted by atomic mass is 35.5. The fourth-order valence-corrected chi connectivity index (χ4v) is 4.63. The van der Waals surface area contributed by atoms with Crippen LogP contribution in [0.15, 0.2) is 23.1 Å². The number of halogens is 1. The number of benzene rings is 1. The van der Waals surface area contributed by atoms with E-state index in [0.29, 0.717) is 24.6 Å². The molecule has 1 fully saturated rings. The van der Waals surface area contributed by atoms with Crippen molar-refractivity contribution in [2.24, 2.45) is 5.92 Å². The highest BCUT2D eigenvalue weighted by molar-refractivity contribution is 7.89. The third kappa shape index (κ3) is 4.97. The summed E-state index contributed by atoms with van der Waals surface area (Å²) in [5.41, 5.74) is 1.19. The molecule has 1 aromatic rings. The molecule has 148 valence electrons. The van der Waals surface area contributed by atoms with Crippen molar-refractivity contribution in [2.75, 3.05) is 26.2 Å². The second-order valence-electron chi connectivity index (χ2n) is 6.62. The van der Waals surface area contributed by atoms with Gasteiger partial charge in [-0.3, -0.25) is 4.79 Å². The highest BCUT2D eigenvalue weighted by Gasteiger charge is 2.26. The Morgan fingerprint density at radius 2 is 1.96 bits per heavy atom. The van der Waals surface area contributed by atoms with E-state index in [-0.39, 0.29) is 29.3 Å².